The third kappa shape index (κ3) is 3.88. The number of halogens is 1. The summed E-state index contributed by atoms with van der Waals surface area (Å²) in [6.07, 6.45) is 4.54. The summed E-state index contributed by atoms with van der Waals surface area (Å²) >= 11 is 0. The molecular formula is C20H24FNO2. The van der Waals surface area contributed by atoms with E-state index < -0.39 is 0 Å². The summed E-state index contributed by atoms with van der Waals surface area (Å²) < 4.78 is 18.8. The number of nitrogens with zero attached hydrogens (tertiary/aromatic N) is 1. The van der Waals surface area contributed by atoms with Gasteiger partial charge in [-0.3, -0.25) is 4.90 Å². The highest BCUT2D eigenvalue weighted by Gasteiger charge is 2.23. The molecule has 1 aliphatic rings. The largest absolute Gasteiger partial charge is 0.504 e. The molecule has 24 heavy (non-hydrogen) atoms. The highest BCUT2D eigenvalue weighted by molar-refractivity contribution is 5.41. The van der Waals surface area contributed by atoms with Crippen LogP contribution < -0.4 is 4.74 Å². The predicted molar refractivity (Wildman–Crippen MR) is 92.7 cm³/mol. The lowest BCUT2D eigenvalue weighted by Crippen LogP contribution is -2.28. The van der Waals surface area contributed by atoms with E-state index in [-0.39, 0.29) is 17.6 Å². The highest BCUT2D eigenvalue weighted by Crippen LogP contribution is 2.33. The zero-order valence-corrected chi connectivity index (χ0v) is 14.0. The summed E-state index contributed by atoms with van der Waals surface area (Å²) in [6.45, 7) is 1.71. The van der Waals surface area contributed by atoms with Gasteiger partial charge in [0, 0.05) is 12.6 Å². The fourth-order valence-electron chi connectivity index (χ4n) is 3.52. The van der Waals surface area contributed by atoms with E-state index in [4.69, 9.17) is 4.74 Å². The molecule has 0 amide bonds. The quantitative estimate of drug-likeness (QED) is 0.886. The number of hydrogen-bond donors (Lipinski definition) is 1. The number of phenols is 1. The van der Waals surface area contributed by atoms with Gasteiger partial charge >= 0.3 is 0 Å². The van der Waals surface area contributed by atoms with Crippen LogP contribution in [-0.4, -0.2) is 23.7 Å². The van der Waals surface area contributed by atoms with Crippen LogP contribution >= 0.6 is 0 Å². The Labute approximate surface area is 142 Å². The van der Waals surface area contributed by atoms with Gasteiger partial charge < -0.3 is 9.84 Å². The molecule has 0 aliphatic carbocycles. The fraction of sp³-hybridized carbons (Fsp3) is 0.400. The van der Waals surface area contributed by atoms with E-state index in [0.29, 0.717) is 5.75 Å². The minimum absolute atomic E-state index is 0.159. The lowest BCUT2D eigenvalue weighted by Gasteiger charge is -2.30. The Balaban J connectivity index is 1.83. The van der Waals surface area contributed by atoms with Crippen molar-refractivity contribution in [3.05, 3.63) is 59.4 Å². The molecule has 1 fully saturated rings. The second-order valence-corrected chi connectivity index (χ2v) is 6.40. The van der Waals surface area contributed by atoms with Crippen molar-refractivity contribution in [1.29, 1.82) is 0 Å². The van der Waals surface area contributed by atoms with E-state index in [9.17, 15) is 9.50 Å². The van der Waals surface area contributed by atoms with Crippen molar-refractivity contribution in [2.24, 2.45) is 0 Å². The minimum atomic E-state index is -0.182. The number of likely N-dealkylation sites (tertiary alicyclic amines) is 1. The molecule has 3 nitrogen and oxygen atoms in total. The van der Waals surface area contributed by atoms with Crippen LogP contribution in [-0.2, 0) is 6.54 Å². The van der Waals surface area contributed by atoms with Crippen LogP contribution in [0.25, 0.3) is 0 Å². The first-order valence-electron chi connectivity index (χ1n) is 8.53. The van der Waals surface area contributed by atoms with Crippen LogP contribution in [0.5, 0.6) is 11.5 Å². The fourth-order valence-corrected chi connectivity index (χ4v) is 3.52. The molecule has 1 saturated heterocycles. The Morgan fingerprint density at radius 2 is 2.04 bits per heavy atom. The SMILES string of the molecule is COc1ccc(CN2CCCCCC2c2cccc(F)c2)cc1O. The van der Waals surface area contributed by atoms with E-state index in [1.54, 1.807) is 31.4 Å². The van der Waals surface area contributed by atoms with Crippen molar-refractivity contribution in [2.75, 3.05) is 13.7 Å². The minimum Gasteiger partial charge on any atom is -0.504 e. The van der Waals surface area contributed by atoms with Gasteiger partial charge in [0.2, 0.25) is 0 Å². The summed E-state index contributed by atoms with van der Waals surface area (Å²) in [7, 11) is 1.55. The predicted octanol–water partition coefficient (Wildman–Crippen LogP) is 4.66. The molecule has 1 heterocycles. The van der Waals surface area contributed by atoms with Gasteiger partial charge in [0.25, 0.3) is 0 Å². The maximum atomic E-state index is 13.6. The average molecular weight is 329 g/mol. The molecule has 0 saturated carbocycles. The van der Waals surface area contributed by atoms with Crippen LogP contribution in [0.1, 0.15) is 42.9 Å². The van der Waals surface area contributed by atoms with Crippen LogP contribution in [0, 0.1) is 5.82 Å². The second-order valence-electron chi connectivity index (χ2n) is 6.40. The summed E-state index contributed by atoms with van der Waals surface area (Å²) in [6, 6.07) is 12.7. The second kappa shape index (κ2) is 7.67. The van der Waals surface area contributed by atoms with Crippen molar-refractivity contribution >= 4 is 0 Å². The molecule has 0 aromatic heterocycles. The molecule has 128 valence electrons. The summed E-state index contributed by atoms with van der Waals surface area (Å²) in [5.41, 5.74) is 2.08. The molecular weight excluding hydrogens is 305 g/mol. The van der Waals surface area contributed by atoms with Gasteiger partial charge in [-0.1, -0.05) is 31.0 Å². The van der Waals surface area contributed by atoms with Crippen LogP contribution in [0.2, 0.25) is 0 Å². The molecule has 2 aromatic carbocycles. The number of ether oxygens (including phenoxy) is 1. The standard InChI is InChI=1S/C20H24FNO2/c1-24-20-10-9-15(12-19(20)23)14-22-11-4-2-3-8-18(22)16-6-5-7-17(21)13-16/h5-7,9-10,12-13,18,23H,2-4,8,11,14H2,1H3. The summed E-state index contributed by atoms with van der Waals surface area (Å²) in [4.78, 5) is 2.39. The Morgan fingerprint density at radius 1 is 1.17 bits per heavy atom. The van der Waals surface area contributed by atoms with E-state index >= 15 is 0 Å². The molecule has 3 rings (SSSR count). The van der Waals surface area contributed by atoms with Crippen molar-refractivity contribution in [3.8, 4) is 11.5 Å². The van der Waals surface area contributed by atoms with E-state index in [1.807, 2.05) is 12.1 Å². The van der Waals surface area contributed by atoms with Gasteiger partial charge in [-0.25, -0.2) is 4.39 Å². The molecule has 0 spiro atoms. The van der Waals surface area contributed by atoms with Gasteiger partial charge in [0.1, 0.15) is 5.82 Å². The van der Waals surface area contributed by atoms with Gasteiger partial charge in [0.05, 0.1) is 7.11 Å². The van der Waals surface area contributed by atoms with Crippen LogP contribution in [0.15, 0.2) is 42.5 Å². The number of methoxy groups -OCH3 is 1. The lowest BCUT2D eigenvalue weighted by molar-refractivity contribution is 0.192. The molecule has 4 heteroatoms. The zero-order valence-electron chi connectivity index (χ0n) is 14.0. The molecule has 0 bridgehead atoms. The Morgan fingerprint density at radius 3 is 2.79 bits per heavy atom. The van der Waals surface area contributed by atoms with Crippen molar-refractivity contribution in [2.45, 2.75) is 38.3 Å². The maximum absolute atomic E-state index is 13.6. The van der Waals surface area contributed by atoms with E-state index in [2.05, 4.69) is 4.90 Å². The Hall–Kier alpha value is -2.07. The third-order valence-corrected chi connectivity index (χ3v) is 4.73. The number of benzene rings is 2. The van der Waals surface area contributed by atoms with Gasteiger partial charge in [0.15, 0.2) is 11.5 Å². The zero-order chi connectivity index (χ0) is 16.9. The molecule has 2 aromatic rings. The monoisotopic (exact) mass is 329 g/mol. The van der Waals surface area contributed by atoms with Gasteiger partial charge in [-0.05, 0) is 54.8 Å². The smallest absolute Gasteiger partial charge is 0.160 e. The first-order valence-corrected chi connectivity index (χ1v) is 8.53. The highest BCUT2D eigenvalue weighted by atomic mass is 19.1. The first kappa shape index (κ1) is 16.8. The molecule has 1 atom stereocenters. The number of aromatic hydroxyl groups is 1. The molecule has 1 aliphatic heterocycles. The third-order valence-electron chi connectivity index (χ3n) is 4.73. The summed E-state index contributed by atoms with van der Waals surface area (Å²) in [5, 5.41) is 10.0. The lowest BCUT2D eigenvalue weighted by atomic mass is 10.00. The van der Waals surface area contributed by atoms with Crippen molar-refractivity contribution in [1.82, 2.24) is 4.90 Å². The van der Waals surface area contributed by atoms with E-state index in [1.165, 1.54) is 12.5 Å². The van der Waals surface area contributed by atoms with Crippen LogP contribution in [0.3, 0.4) is 0 Å². The molecule has 1 N–H and O–H groups in total. The summed E-state index contributed by atoms with van der Waals surface area (Å²) in [5.74, 6) is 0.460. The van der Waals surface area contributed by atoms with Gasteiger partial charge in [-0.15, -0.1) is 0 Å². The van der Waals surface area contributed by atoms with Crippen molar-refractivity contribution < 1.29 is 14.2 Å². The number of rotatable bonds is 4. The molecule has 0 radical (unpaired) electrons. The maximum Gasteiger partial charge on any atom is 0.160 e. The molecule has 1 unspecified atom stereocenters. The van der Waals surface area contributed by atoms with Crippen LogP contribution in [0.4, 0.5) is 4.39 Å². The first-order chi connectivity index (χ1) is 11.7. The average Bonchev–Trinajstić information content (AvgIpc) is 2.80. The van der Waals surface area contributed by atoms with Crippen molar-refractivity contribution in [3.63, 3.8) is 0 Å². The normalized spacial score (nSPS) is 19.0. The topological polar surface area (TPSA) is 32.7 Å². The Bertz CT molecular complexity index is 689. The van der Waals surface area contributed by atoms with Gasteiger partial charge in [-0.2, -0.15) is 0 Å². The number of hydrogen-bond acceptors (Lipinski definition) is 3. The number of phenolic OH excluding ortho intramolecular Hbond substituents is 1. The Kier molecular flexibility index (Phi) is 5.36. The van der Waals surface area contributed by atoms with E-state index in [0.717, 1.165) is 43.5 Å².